The minimum Gasteiger partial charge on any atom is -0.0622 e. The van der Waals surface area contributed by atoms with Crippen LogP contribution in [0.2, 0.25) is 0 Å². The molecular formula is C32H28. The quantitative estimate of drug-likeness (QED) is 0.309. The monoisotopic (exact) mass is 412 g/mol. The lowest BCUT2D eigenvalue weighted by Crippen LogP contribution is -2.34. The van der Waals surface area contributed by atoms with E-state index in [0.717, 1.165) is 6.42 Å². The molecule has 1 unspecified atom stereocenters. The maximum atomic E-state index is 2.43. The molecule has 1 aliphatic carbocycles. The zero-order chi connectivity index (χ0) is 21.8. The van der Waals surface area contributed by atoms with E-state index in [0.29, 0.717) is 0 Å². The van der Waals surface area contributed by atoms with Crippen LogP contribution in [0, 0.1) is 0 Å². The first-order valence-corrected chi connectivity index (χ1v) is 11.4. The second kappa shape index (κ2) is 8.85. The van der Waals surface area contributed by atoms with Crippen LogP contribution in [-0.2, 0) is 5.41 Å². The summed E-state index contributed by atoms with van der Waals surface area (Å²) < 4.78 is 0. The summed E-state index contributed by atoms with van der Waals surface area (Å²) in [5.41, 5.74) is 9.39. The Morgan fingerprint density at radius 1 is 0.594 bits per heavy atom. The molecule has 0 radical (unpaired) electrons. The fraction of sp³-hybridized carbons (Fsp3) is 0.125. The number of benzene rings is 4. The first-order valence-electron chi connectivity index (χ1n) is 11.4. The highest BCUT2D eigenvalue weighted by atomic mass is 14.4. The van der Waals surface area contributed by atoms with Crippen molar-refractivity contribution in [3.05, 3.63) is 155 Å². The molecule has 0 spiro atoms. The summed E-state index contributed by atoms with van der Waals surface area (Å²) >= 11 is 0. The van der Waals surface area contributed by atoms with E-state index in [4.69, 9.17) is 0 Å². The lowest BCUT2D eigenvalue weighted by molar-refractivity contribution is 0.398. The fourth-order valence-electron chi connectivity index (χ4n) is 4.86. The molecule has 0 amide bonds. The van der Waals surface area contributed by atoms with E-state index < -0.39 is 0 Å². The van der Waals surface area contributed by atoms with Crippen LogP contribution in [0.25, 0.3) is 11.1 Å². The van der Waals surface area contributed by atoms with Gasteiger partial charge in [-0.15, -0.1) is 0 Å². The predicted molar refractivity (Wildman–Crippen MR) is 136 cm³/mol. The summed E-state index contributed by atoms with van der Waals surface area (Å²) in [4.78, 5) is 0. The van der Waals surface area contributed by atoms with Gasteiger partial charge in [-0.05, 0) is 52.3 Å². The van der Waals surface area contributed by atoms with E-state index in [2.05, 4.69) is 134 Å². The van der Waals surface area contributed by atoms with Gasteiger partial charge in [-0.2, -0.15) is 0 Å². The van der Waals surface area contributed by atoms with Gasteiger partial charge >= 0.3 is 0 Å². The topological polar surface area (TPSA) is 0 Å². The van der Waals surface area contributed by atoms with E-state index >= 15 is 0 Å². The highest BCUT2D eigenvalue weighted by Crippen LogP contribution is 2.52. The molecular weight excluding hydrogens is 384 g/mol. The van der Waals surface area contributed by atoms with Crippen LogP contribution in [0.5, 0.6) is 0 Å². The molecule has 32 heavy (non-hydrogen) atoms. The Bertz CT molecular complexity index is 1190. The van der Waals surface area contributed by atoms with Crippen LogP contribution in [0.4, 0.5) is 0 Å². The van der Waals surface area contributed by atoms with Crippen LogP contribution >= 0.6 is 0 Å². The molecule has 4 aromatic carbocycles. The standard InChI is InChI=1S/C32H28/c1-32(28-20-12-5-13-21-28)23-22-31(32)30(27-18-10-4-11-19-27)24-29(25-14-6-2-7-15-25)26-16-8-3-9-17-26/h2-21,24H,22-23H2,1H3/b31-30-. The summed E-state index contributed by atoms with van der Waals surface area (Å²) in [6, 6.07) is 43.4. The molecule has 4 aromatic rings. The van der Waals surface area contributed by atoms with Crippen molar-refractivity contribution in [3.63, 3.8) is 0 Å². The molecule has 0 aromatic heterocycles. The highest BCUT2D eigenvalue weighted by molar-refractivity contribution is 5.92. The van der Waals surface area contributed by atoms with Crippen LogP contribution in [-0.4, -0.2) is 0 Å². The minimum atomic E-state index is 0.0709. The summed E-state index contributed by atoms with van der Waals surface area (Å²) in [6.45, 7) is 2.41. The van der Waals surface area contributed by atoms with Crippen LogP contribution in [0.3, 0.4) is 0 Å². The predicted octanol–water partition coefficient (Wildman–Crippen LogP) is 8.32. The first-order chi connectivity index (χ1) is 15.8. The summed E-state index contributed by atoms with van der Waals surface area (Å²) in [5.74, 6) is 0. The minimum absolute atomic E-state index is 0.0709. The van der Waals surface area contributed by atoms with Gasteiger partial charge in [-0.1, -0.05) is 134 Å². The fourth-order valence-corrected chi connectivity index (χ4v) is 4.86. The number of rotatable bonds is 5. The second-order valence-corrected chi connectivity index (χ2v) is 8.75. The van der Waals surface area contributed by atoms with Gasteiger partial charge in [0.2, 0.25) is 0 Å². The van der Waals surface area contributed by atoms with E-state index in [9.17, 15) is 0 Å². The van der Waals surface area contributed by atoms with Gasteiger partial charge in [0.25, 0.3) is 0 Å². The van der Waals surface area contributed by atoms with Gasteiger partial charge in [0.05, 0.1) is 0 Å². The van der Waals surface area contributed by atoms with E-state index in [1.165, 1.54) is 45.4 Å². The third kappa shape index (κ3) is 3.85. The Morgan fingerprint density at radius 3 is 1.47 bits per heavy atom. The van der Waals surface area contributed by atoms with Crippen molar-refractivity contribution in [2.75, 3.05) is 0 Å². The Labute approximate surface area is 191 Å². The first kappa shape index (κ1) is 20.3. The van der Waals surface area contributed by atoms with E-state index in [1.807, 2.05) is 0 Å². The maximum Gasteiger partial charge on any atom is 0.0146 e. The van der Waals surface area contributed by atoms with Crippen LogP contribution < -0.4 is 0 Å². The second-order valence-electron chi connectivity index (χ2n) is 8.75. The van der Waals surface area contributed by atoms with Crippen molar-refractivity contribution in [3.8, 4) is 0 Å². The Morgan fingerprint density at radius 2 is 1.03 bits per heavy atom. The Kier molecular flexibility index (Phi) is 5.60. The average molecular weight is 413 g/mol. The molecule has 0 saturated heterocycles. The van der Waals surface area contributed by atoms with Crippen molar-refractivity contribution < 1.29 is 0 Å². The van der Waals surface area contributed by atoms with Crippen LogP contribution in [0.1, 0.15) is 42.0 Å². The smallest absolute Gasteiger partial charge is 0.0146 e. The van der Waals surface area contributed by atoms with Gasteiger partial charge in [-0.3, -0.25) is 0 Å². The van der Waals surface area contributed by atoms with Crippen molar-refractivity contribution in [1.82, 2.24) is 0 Å². The molecule has 0 heterocycles. The Hall–Kier alpha value is -3.64. The van der Waals surface area contributed by atoms with Crippen molar-refractivity contribution in [2.45, 2.75) is 25.2 Å². The third-order valence-corrected chi connectivity index (χ3v) is 6.82. The normalized spacial score (nSPS) is 19.0. The number of hydrogen-bond acceptors (Lipinski definition) is 0. The summed E-state index contributed by atoms with van der Waals surface area (Å²) in [7, 11) is 0. The Balaban J connectivity index is 1.74. The van der Waals surface area contributed by atoms with Crippen molar-refractivity contribution >= 4 is 11.1 Å². The summed E-state index contributed by atoms with van der Waals surface area (Å²) in [6.07, 6.45) is 4.74. The van der Waals surface area contributed by atoms with Gasteiger partial charge in [-0.25, -0.2) is 0 Å². The van der Waals surface area contributed by atoms with Crippen LogP contribution in [0.15, 0.2) is 133 Å². The molecule has 5 rings (SSSR count). The number of hydrogen-bond donors (Lipinski definition) is 0. The molecule has 0 bridgehead atoms. The largest absolute Gasteiger partial charge is 0.0622 e. The maximum absolute atomic E-state index is 2.43. The summed E-state index contributed by atoms with van der Waals surface area (Å²) in [5, 5.41) is 0. The molecule has 156 valence electrons. The molecule has 1 fully saturated rings. The third-order valence-electron chi connectivity index (χ3n) is 6.82. The average Bonchev–Trinajstić information content (AvgIpc) is 2.87. The molecule has 1 aliphatic rings. The highest BCUT2D eigenvalue weighted by Gasteiger charge is 2.40. The lowest BCUT2D eigenvalue weighted by atomic mass is 9.60. The molecule has 1 atom stereocenters. The zero-order valence-electron chi connectivity index (χ0n) is 18.5. The number of allylic oxidation sites excluding steroid dienone is 3. The van der Waals surface area contributed by atoms with Gasteiger partial charge in [0.15, 0.2) is 0 Å². The van der Waals surface area contributed by atoms with Gasteiger partial charge < -0.3 is 0 Å². The van der Waals surface area contributed by atoms with Crippen molar-refractivity contribution in [2.24, 2.45) is 0 Å². The van der Waals surface area contributed by atoms with E-state index in [1.54, 1.807) is 0 Å². The zero-order valence-corrected chi connectivity index (χ0v) is 18.5. The molecule has 1 saturated carbocycles. The lowest BCUT2D eigenvalue weighted by Gasteiger charge is -2.44. The van der Waals surface area contributed by atoms with Gasteiger partial charge in [0, 0.05) is 5.41 Å². The molecule has 0 heteroatoms. The van der Waals surface area contributed by atoms with Crippen molar-refractivity contribution in [1.29, 1.82) is 0 Å². The van der Waals surface area contributed by atoms with E-state index in [-0.39, 0.29) is 5.41 Å². The molecule has 0 N–H and O–H groups in total. The molecule has 0 nitrogen and oxygen atoms in total. The SMILES string of the molecule is CC1(c2ccccc2)CC/C1=C(\C=C(c1ccccc1)c1ccccc1)c1ccccc1. The van der Waals surface area contributed by atoms with Gasteiger partial charge in [0.1, 0.15) is 0 Å². The molecule has 0 aliphatic heterocycles.